The van der Waals surface area contributed by atoms with Gasteiger partial charge >= 0.3 is 0 Å². The van der Waals surface area contributed by atoms with Crippen molar-refractivity contribution in [1.82, 2.24) is 5.32 Å². The summed E-state index contributed by atoms with van der Waals surface area (Å²) in [7, 11) is 1.65. The van der Waals surface area contributed by atoms with Crippen molar-refractivity contribution in [2.45, 2.75) is 19.8 Å². The lowest BCUT2D eigenvalue weighted by molar-refractivity contribution is 0.0686. The fourth-order valence-corrected chi connectivity index (χ4v) is 1.69. The standard InChI is InChI=1S/C15H24N2O3/c1-12-11-13(5-6-14(12)16)15(18)17-7-3-4-8-20-10-9-19-2/h5-6,11H,3-4,7-10,16H2,1-2H3,(H,17,18). The van der Waals surface area contributed by atoms with Crippen molar-refractivity contribution < 1.29 is 14.3 Å². The summed E-state index contributed by atoms with van der Waals surface area (Å²) in [6, 6.07) is 5.30. The van der Waals surface area contributed by atoms with E-state index in [1.165, 1.54) is 0 Å². The Balaban J connectivity index is 2.15. The molecule has 0 saturated heterocycles. The molecule has 0 aromatic heterocycles. The van der Waals surface area contributed by atoms with Crippen LogP contribution in [0.25, 0.3) is 0 Å². The maximum Gasteiger partial charge on any atom is 0.251 e. The van der Waals surface area contributed by atoms with Crippen LogP contribution in [0.4, 0.5) is 5.69 Å². The molecule has 20 heavy (non-hydrogen) atoms. The maximum absolute atomic E-state index is 11.9. The predicted octanol–water partition coefficient (Wildman–Crippen LogP) is 1.75. The summed E-state index contributed by atoms with van der Waals surface area (Å²) < 4.78 is 10.2. The molecular formula is C15H24N2O3. The molecule has 0 aliphatic heterocycles. The highest BCUT2D eigenvalue weighted by molar-refractivity contribution is 5.94. The minimum Gasteiger partial charge on any atom is -0.399 e. The minimum atomic E-state index is -0.0617. The summed E-state index contributed by atoms with van der Waals surface area (Å²) in [5.41, 5.74) is 7.99. The lowest BCUT2D eigenvalue weighted by atomic mass is 10.1. The van der Waals surface area contributed by atoms with Crippen molar-refractivity contribution in [2.24, 2.45) is 0 Å². The highest BCUT2D eigenvalue weighted by Crippen LogP contribution is 2.12. The lowest BCUT2D eigenvalue weighted by Gasteiger charge is -2.07. The zero-order valence-electron chi connectivity index (χ0n) is 12.3. The average molecular weight is 280 g/mol. The Bertz CT molecular complexity index is 422. The number of anilines is 1. The molecule has 0 saturated carbocycles. The van der Waals surface area contributed by atoms with Crippen LogP contribution in [0.3, 0.4) is 0 Å². The number of nitrogens with one attached hydrogen (secondary N) is 1. The van der Waals surface area contributed by atoms with Gasteiger partial charge in [0.2, 0.25) is 0 Å². The molecule has 112 valence electrons. The summed E-state index contributed by atoms with van der Waals surface area (Å²) in [5, 5.41) is 2.89. The van der Waals surface area contributed by atoms with E-state index in [1.807, 2.05) is 6.92 Å². The molecule has 1 aromatic rings. The number of aryl methyl sites for hydroxylation is 1. The van der Waals surface area contributed by atoms with E-state index in [2.05, 4.69) is 5.32 Å². The first-order chi connectivity index (χ1) is 9.65. The second-order valence-corrected chi connectivity index (χ2v) is 4.64. The van der Waals surface area contributed by atoms with Crippen molar-refractivity contribution in [3.05, 3.63) is 29.3 Å². The first-order valence-electron chi connectivity index (χ1n) is 6.86. The molecule has 0 unspecified atom stereocenters. The van der Waals surface area contributed by atoms with Gasteiger partial charge in [0.25, 0.3) is 5.91 Å². The third kappa shape index (κ3) is 6.04. The van der Waals surface area contributed by atoms with Crippen molar-refractivity contribution >= 4 is 11.6 Å². The van der Waals surface area contributed by atoms with Gasteiger partial charge in [-0.15, -0.1) is 0 Å². The number of carbonyl (C=O) groups is 1. The zero-order valence-corrected chi connectivity index (χ0v) is 12.3. The Hall–Kier alpha value is -1.59. The Kier molecular flexibility index (Phi) is 7.69. The smallest absolute Gasteiger partial charge is 0.251 e. The number of benzene rings is 1. The fourth-order valence-electron chi connectivity index (χ4n) is 1.69. The van der Waals surface area contributed by atoms with Gasteiger partial charge in [-0.3, -0.25) is 4.79 Å². The number of hydrogen-bond acceptors (Lipinski definition) is 4. The van der Waals surface area contributed by atoms with Gasteiger partial charge in [-0.2, -0.15) is 0 Å². The molecule has 0 aliphatic carbocycles. The zero-order chi connectivity index (χ0) is 14.8. The number of carbonyl (C=O) groups excluding carboxylic acids is 1. The first-order valence-corrected chi connectivity index (χ1v) is 6.86. The van der Waals surface area contributed by atoms with Crippen LogP contribution in [0.2, 0.25) is 0 Å². The van der Waals surface area contributed by atoms with E-state index in [0.29, 0.717) is 37.6 Å². The Labute approximate surface area is 120 Å². The molecule has 1 aromatic carbocycles. The largest absolute Gasteiger partial charge is 0.399 e. The summed E-state index contributed by atoms with van der Waals surface area (Å²) in [5.74, 6) is -0.0617. The van der Waals surface area contributed by atoms with Gasteiger partial charge in [0.1, 0.15) is 0 Å². The predicted molar refractivity (Wildman–Crippen MR) is 79.9 cm³/mol. The van der Waals surface area contributed by atoms with E-state index in [0.717, 1.165) is 18.4 Å². The van der Waals surface area contributed by atoms with Crippen LogP contribution in [0.15, 0.2) is 18.2 Å². The Morgan fingerprint density at radius 2 is 2.05 bits per heavy atom. The number of hydrogen-bond donors (Lipinski definition) is 2. The number of nitrogens with two attached hydrogens (primary N) is 1. The maximum atomic E-state index is 11.9. The molecule has 0 bridgehead atoms. The van der Waals surface area contributed by atoms with Crippen LogP contribution in [0.1, 0.15) is 28.8 Å². The van der Waals surface area contributed by atoms with Crippen LogP contribution >= 0.6 is 0 Å². The van der Waals surface area contributed by atoms with E-state index in [1.54, 1.807) is 25.3 Å². The first kappa shape index (κ1) is 16.5. The van der Waals surface area contributed by atoms with Gasteiger partial charge in [0, 0.05) is 31.5 Å². The molecular weight excluding hydrogens is 256 g/mol. The topological polar surface area (TPSA) is 73.6 Å². The highest BCUT2D eigenvalue weighted by atomic mass is 16.5. The van der Waals surface area contributed by atoms with E-state index in [4.69, 9.17) is 15.2 Å². The highest BCUT2D eigenvalue weighted by Gasteiger charge is 2.05. The van der Waals surface area contributed by atoms with Crippen LogP contribution in [0, 0.1) is 6.92 Å². The second-order valence-electron chi connectivity index (χ2n) is 4.64. The molecule has 0 heterocycles. The van der Waals surface area contributed by atoms with Crippen LogP contribution in [-0.4, -0.2) is 39.4 Å². The van der Waals surface area contributed by atoms with Crippen molar-refractivity contribution in [3.8, 4) is 0 Å². The monoisotopic (exact) mass is 280 g/mol. The van der Waals surface area contributed by atoms with E-state index >= 15 is 0 Å². The molecule has 0 atom stereocenters. The molecule has 0 spiro atoms. The third-order valence-electron chi connectivity index (χ3n) is 2.96. The normalized spacial score (nSPS) is 10.5. The summed E-state index contributed by atoms with van der Waals surface area (Å²) >= 11 is 0. The quantitative estimate of drug-likeness (QED) is 0.534. The van der Waals surface area contributed by atoms with Crippen LogP contribution in [0.5, 0.6) is 0 Å². The average Bonchev–Trinajstić information content (AvgIpc) is 2.44. The summed E-state index contributed by atoms with van der Waals surface area (Å²) in [6.07, 6.45) is 1.82. The summed E-state index contributed by atoms with van der Waals surface area (Å²) in [6.45, 7) is 4.47. The molecule has 1 amide bonds. The van der Waals surface area contributed by atoms with Crippen molar-refractivity contribution in [3.63, 3.8) is 0 Å². The van der Waals surface area contributed by atoms with E-state index in [9.17, 15) is 4.79 Å². The van der Waals surface area contributed by atoms with Gasteiger partial charge in [-0.25, -0.2) is 0 Å². The number of methoxy groups -OCH3 is 1. The molecule has 0 aliphatic rings. The van der Waals surface area contributed by atoms with Gasteiger partial charge in [-0.05, 0) is 43.5 Å². The minimum absolute atomic E-state index is 0.0617. The fraction of sp³-hybridized carbons (Fsp3) is 0.533. The van der Waals surface area contributed by atoms with Crippen molar-refractivity contribution in [2.75, 3.05) is 39.2 Å². The van der Waals surface area contributed by atoms with Gasteiger partial charge in [-0.1, -0.05) is 0 Å². The molecule has 5 nitrogen and oxygen atoms in total. The second kappa shape index (κ2) is 9.34. The molecule has 0 fully saturated rings. The van der Waals surface area contributed by atoms with Gasteiger partial charge in [0.05, 0.1) is 13.2 Å². The van der Waals surface area contributed by atoms with Crippen LogP contribution in [-0.2, 0) is 9.47 Å². The molecule has 3 N–H and O–H groups in total. The van der Waals surface area contributed by atoms with Gasteiger partial charge < -0.3 is 20.5 Å². The van der Waals surface area contributed by atoms with Crippen molar-refractivity contribution in [1.29, 1.82) is 0 Å². The summed E-state index contributed by atoms with van der Waals surface area (Å²) in [4.78, 5) is 11.9. The molecule has 5 heteroatoms. The number of nitrogen functional groups attached to an aromatic ring is 1. The van der Waals surface area contributed by atoms with Gasteiger partial charge in [0.15, 0.2) is 0 Å². The molecule has 1 rings (SSSR count). The number of ether oxygens (including phenoxy) is 2. The Morgan fingerprint density at radius 3 is 2.75 bits per heavy atom. The molecule has 0 radical (unpaired) electrons. The number of rotatable bonds is 9. The Morgan fingerprint density at radius 1 is 1.25 bits per heavy atom. The SMILES string of the molecule is COCCOCCCCNC(=O)c1ccc(N)c(C)c1. The van der Waals surface area contributed by atoms with E-state index in [-0.39, 0.29) is 5.91 Å². The lowest BCUT2D eigenvalue weighted by Crippen LogP contribution is -2.24. The van der Waals surface area contributed by atoms with E-state index < -0.39 is 0 Å². The third-order valence-corrected chi connectivity index (χ3v) is 2.96. The van der Waals surface area contributed by atoms with Crippen LogP contribution < -0.4 is 11.1 Å². The number of amides is 1. The number of unbranched alkanes of at least 4 members (excludes halogenated alkanes) is 1.